The van der Waals surface area contributed by atoms with Gasteiger partial charge in [-0.3, -0.25) is 4.90 Å². The third-order valence-corrected chi connectivity index (χ3v) is 4.20. The molecule has 0 bridgehead atoms. The van der Waals surface area contributed by atoms with Crippen molar-refractivity contribution in [3.8, 4) is 11.6 Å². The molecular weight excluding hydrogens is 331 g/mol. The highest BCUT2D eigenvalue weighted by Gasteiger charge is 2.20. The summed E-state index contributed by atoms with van der Waals surface area (Å²) < 4.78 is 45.1. The summed E-state index contributed by atoms with van der Waals surface area (Å²) in [6, 6.07) is 5.64. The summed E-state index contributed by atoms with van der Waals surface area (Å²) in [5.41, 5.74) is 2.30. The summed E-state index contributed by atoms with van der Waals surface area (Å²) in [5.74, 6) is -2.62. The molecule has 0 atom stereocenters. The molecule has 0 saturated carbocycles. The Bertz CT molecular complexity index is 889. The largest absolute Gasteiger partial charge is 0.461 e. The lowest BCUT2D eigenvalue weighted by atomic mass is 10.1. The van der Waals surface area contributed by atoms with Gasteiger partial charge in [-0.15, -0.1) is 0 Å². The third kappa shape index (κ3) is 3.15. The molecule has 1 aliphatic heterocycles. The van der Waals surface area contributed by atoms with E-state index >= 15 is 0 Å². The zero-order valence-electron chi connectivity index (χ0n) is 13.2. The summed E-state index contributed by atoms with van der Waals surface area (Å²) in [6.45, 7) is 1.57. The van der Waals surface area contributed by atoms with Crippen LogP contribution in [0, 0.1) is 17.5 Å². The molecule has 0 fully saturated rings. The van der Waals surface area contributed by atoms with Crippen LogP contribution in [0.2, 0.25) is 0 Å². The molecule has 0 N–H and O–H groups in total. The van der Waals surface area contributed by atoms with Crippen LogP contribution in [0.4, 0.5) is 13.2 Å². The number of nitrogens with zero attached hydrogens (tertiary/aromatic N) is 3. The highest BCUT2D eigenvalue weighted by Crippen LogP contribution is 2.23. The minimum Gasteiger partial charge on any atom is -0.461 e. The monoisotopic (exact) mass is 345 g/mol. The standard InChI is InChI=1S/C18H14F3N3O/c19-13-6-11(7-14(20)17(13)21)9-24-4-3-15-12(10-24)8-22-18(23-15)16-2-1-5-25-16/h1-2,5-8H,3-4,9-10H2. The predicted molar refractivity (Wildman–Crippen MR) is 83.9 cm³/mol. The molecule has 2 aromatic heterocycles. The van der Waals surface area contributed by atoms with Gasteiger partial charge >= 0.3 is 0 Å². The number of hydrogen-bond acceptors (Lipinski definition) is 4. The number of furan rings is 1. The minimum atomic E-state index is -1.44. The highest BCUT2D eigenvalue weighted by molar-refractivity contribution is 5.46. The summed E-state index contributed by atoms with van der Waals surface area (Å²) >= 11 is 0. The second kappa shape index (κ2) is 6.33. The highest BCUT2D eigenvalue weighted by atomic mass is 19.2. The number of fused-ring (bicyclic) bond motifs is 1. The van der Waals surface area contributed by atoms with Gasteiger partial charge in [-0.05, 0) is 29.8 Å². The number of aromatic nitrogens is 2. The van der Waals surface area contributed by atoms with Crippen molar-refractivity contribution in [1.82, 2.24) is 14.9 Å². The topological polar surface area (TPSA) is 42.2 Å². The molecule has 0 unspecified atom stereocenters. The van der Waals surface area contributed by atoms with Crippen LogP contribution in [0.25, 0.3) is 11.6 Å². The van der Waals surface area contributed by atoms with E-state index < -0.39 is 17.5 Å². The summed E-state index contributed by atoms with van der Waals surface area (Å²) in [5, 5.41) is 0. The van der Waals surface area contributed by atoms with Gasteiger partial charge in [0, 0.05) is 37.8 Å². The maximum Gasteiger partial charge on any atom is 0.195 e. The Balaban J connectivity index is 1.52. The third-order valence-electron chi connectivity index (χ3n) is 4.20. The lowest BCUT2D eigenvalue weighted by Crippen LogP contribution is -2.31. The van der Waals surface area contributed by atoms with E-state index in [2.05, 4.69) is 9.97 Å². The normalized spacial score (nSPS) is 14.5. The molecule has 0 radical (unpaired) electrons. The van der Waals surface area contributed by atoms with Crippen molar-refractivity contribution < 1.29 is 17.6 Å². The van der Waals surface area contributed by atoms with Crippen LogP contribution >= 0.6 is 0 Å². The van der Waals surface area contributed by atoms with E-state index in [1.165, 1.54) is 0 Å². The van der Waals surface area contributed by atoms with Crippen LogP contribution in [-0.4, -0.2) is 21.4 Å². The molecule has 7 heteroatoms. The van der Waals surface area contributed by atoms with Crippen LogP contribution in [0.5, 0.6) is 0 Å². The van der Waals surface area contributed by atoms with Crippen LogP contribution in [0.3, 0.4) is 0 Å². The van der Waals surface area contributed by atoms with Crippen LogP contribution < -0.4 is 0 Å². The molecule has 4 rings (SSSR count). The maximum absolute atomic E-state index is 13.3. The van der Waals surface area contributed by atoms with Crippen molar-refractivity contribution in [3.63, 3.8) is 0 Å². The molecule has 4 nitrogen and oxygen atoms in total. The van der Waals surface area contributed by atoms with Gasteiger partial charge in [-0.2, -0.15) is 0 Å². The van der Waals surface area contributed by atoms with Gasteiger partial charge in [0.25, 0.3) is 0 Å². The average molecular weight is 345 g/mol. The van der Waals surface area contributed by atoms with Gasteiger partial charge in [-0.1, -0.05) is 0 Å². The van der Waals surface area contributed by atoms with Gasteiger partial charge in [0.05, 0.1) is 12.0 Å². The Hall–Kier alpha value is -2.67. The molecule has 0 spiro atoms. The molecule has 25 heavy (non-hydrogen) atoms. The Morgan fingerprint density at radius 1 is 1.16 bits per heavy atom. The molecule has 1 aromatic carbocycles. The molecule has 0 amide bonds. The van der Waals surface area contributed by atoms with Crippen molar-refractivity contribution in [2.45, 2.75) is 19.5 Å². The molecule has 0 saturated heterocycles. The Kier molecular flexibility index (Phi) is 4.01. The van der Waals surface area contributed by atoms with Crippen LogP contribution in [-0.2, 0) is 19.5 Å². The lowest BCUT2D eigenvalue weighted by Gasteiger charge is -2.28. The molecular formula is C18H14F3N3O. The second-order valence-electron chi connectivity index (χ2n) is 5.98. The summed E-state index contributed by atoms with van der Waals surface area (Å²) in [7, 11) is 0. The molecule has 3 heterocycles. The zero-order chi connectivity index (χ0) is 17.4. The quantitative estimate of drug-likeness (QED) is 0.679. The Morgan fingerprint density at radius 2 is 1.96 bits per heavy atom. The fraction of sp³-hybridized carbons (Fsp3) is 0.222. The minimum absolute atomic E-state index is 0.327. The number of rotatable bonds is 3. The van der Waals surface area contributed by atoms with Gasteiger partial charge in [0.2, 0.25) is 0 Å². The van der Waals surface area contributed by atoms with E-state index in [1.807, 2.05) is 4.90 Å². The van der Waals surface area contributed by atoms with Crippen molar-refractivity contribution in [3.05, 3.63) is 71.0 Å². The first-order valence-corrected chi connectivity index (χ1v) is 7.84. The zero-order valence-corrected chi connectivity index (χ0v) is 13.2. The van der Waals surface area contributed by atoms with E-state index in [1.54, 1.807) is 24.6 Å². The second-order valence-corrected chi connectivity index (χ2v) is 5.98. The summed E-state index contributed by atoms with van der Waals surface area (Å²) in [6.07, 6.45) is 4.01. The number of halogens is 3. The van der Waals surface area contributed by atoms with E-state index in [9.17, 15) is 13.2 Å². The van der Waals surface area contributed by atoms with Crippen molar-refractivity contribution in [1.29, 1.82) is 0 Å². The average Bonchev–Trinajstić information content (AvgIpc) is 3.14. The van der Waals surface area contributed by atoms with Crippen LogP contribution in [0.1, 0.15) is 16.8 Å². The Morgan fingerprint density at radius 3 is 2.68 bits per heavy atom. The van der Waals surface area contributed by atoms with E-state index in [-0.39, 0.29) is 0 Å². The predicted octanol–water partition coefficient (Wildman–Crippen LogP) is 3.71. The van der Waals surface area contributed by atoms with E-state index in [0.717, 1.165) is 23.4 Å². The molecule has 1 aliphatic rings. The van der Waals surface area contributed by atoms with Gasteiger partial charge in [0.1, 0.15) is 0 Å². The summed E-state index contributed by atoms with van der Waals surface area (Å²) in [4.78, 5) is 10.9. The first-order valence-electron chi connectivity index (χ1n) is 7.84. The van der Waals surface area contributed by atoms with Gasteiger partial charge in [-0.25, -0.2) is 23.1 Å². The smallest absolute Gasteiger partial charge is 0.195 e. The van der Waals surface area contributed by atoms with Crippen molar-refractivity contribution >= 4 is 0 Å². The fourth-order valence-electron chi connectivity index (χ4n) is 2.99. The van der Waals surface area contributed by atoms with Crippen molar-refractivity contribution in [2.24, 2.45) is 0 Å². The maximum atomic E-state index is 13.3. The van der Waals surface area contributed by atoms with Crippen molar-refractivity contribution in [2.75, 3.05) is 6.54 Å². The first kappa shape index (κ1) is 15.8. The molecule has 3 aromatic rings. The van der Waals surface area contributed by atoms with Gasteiger partial charge in [0.15, 0.2) is 29.0 Å². The molecule has 128 valence electrons. The van der Waals surface area contributed by atoms with E-state index in [4.69, 9.17) is 4.42 Å². The number of benzene rings is 1. The van der Waals surface area contributed by atoms with Crippen LogP contribution in [0.15, 0.2) is 41.1 Å². The fourth-order valence-corrected chi connectivity index (χ4v) is 2.99. The first-order chi connectivity index (χ1) is 12.1. The number of hydrogen-bond donors (Lipinski definition) is 0. The SMILES string of the molecule is Fc1cc(CN2CCc3nc(-c4ccco4)ncc3C2)cc(F)c1F. The Labute approximate surface area is 141 Å². The van der Waals surface area contributed by atoms with Gasteiger partial charge < -0.3 is 4.42 Å². The molecule has 0 aliphatic carbocycles. The lowest BCUT2D eigenvalue weighted by molar-refractivity contribution is 0.242. The van der Waals surface area contributed by atoms with E-state index in [0.29, 0.717) is 43.2 Å².